The van der Waals surface area contributed by atoms with Crippen molar-refractivity contribution in [1.29, 1.82) is 0 Å². The van der Waals surface area contributed by atoms with E-state index in [-0.39, 0.29) is 18.0 Å². The molecule has 112 valence electrons. The summed E-state index contributed by atoms with van der Waals surface area (Å²) in [5.74, 6) is -0.616. The third-order valence-corrected chi connectivity index (χ3v) is 3.37. The maximum Gasteiger partial charge on any atom is 0.320 e. The molecule has 5 nitrogen and oxygen atoms in total. The average molecular weight is 288 g/mol. The number of aromatic nitrogens is 1. The van der Waals surface area contributed by atoms with Gasteiger partial charge >= 0.3 is 5.97 Å². The van der Waals surface area contributed by atoms with Crippen molar-refractivity contribution in [2.45, 2.75) is 32.9 Å². The summed E-state index contributed by atoms with van der Waals surface area (Å²) in [7, 11) is 0. The summed E-state index contributed by atoms with van der Waals surface area (Å²) in [6.07, 6.45) is 0.529. The number of aliphatic carboxylic acids is 1. The minimum absolute atomic E-state index is 0.185. The van der Waals surface area contributed by atoms with Crippen molar-refractivity contribution >= 4 is 16.9 Å². The monoisotopic (exact) mass is 288 g/mol. The smallest absolute Gasteiger partial charge is 0.320 e. The highest BCUT2D eigenvalue weighted by molar-refractivity contribution is 5.78. The molecule has 0 radical (unpaired) electrons. The van der Waals surface area contributed by atoms with Crippen LogP contribution in [0, 0.1) is 5.92 Å². The maximum absolute atomic E-state index is 12.0. The summed E-state index contributed by atoms with van der Waals surface area (Å²) in [5, 5.41) is 13.1. The average Bonchev–Trinajstić information content (AvgIpc) is 2.42. The molecule has 2 rings (SSSR count). The standard InChI is InChI=1S/C16H20N2O3/c1-10(2)7-14(16(20)21)17-9-12-8-11-5-3-4-6-13(11)18-15(12)19/h3-6,8,10,14,17H,7,9H2,1-2H3,(H,18,19)(H,20,21)/t14-/m0/s1. The molecule has 0 aliphatic carbocycles. The molecular formula is C16H20N2O3. The molecule has 21 heavy (non-hydrogen) atoms. The number of aromatic amines is 1. The van der Waals surface area contributed by atoms with Gasteiger partial charge in [-0.15, -0.1) is 0 Å². The molecule has 0 aliphatic heterocycles. The lowest BCUT2D eigenvalue weighted by Crippen LogP contribution is -2.38. The second-order valence-electron chi connectivity index (χ2n) is 5.61. The minimum atomic E-state index is -0.888. The predicted octanol–water partition coefficient (Wildman–Crippen LogP) is 2.12. The molecule has 0 aliphatic rings. The van der Waals surface area contributed by atoms with Gasteiger partial charge in [0.15, 0.2) is 0 Å². The molecule has 1 heterocycles. The zero-order valence-corrected chi connectivity index (χ0v) is 12.2. The van der Waals surface area contributed by atoms with E-state index in [4.69, 9.17) is 0 Å². The van der Waals surface area contributed by atoms with E-state index in [1.54, 1.807) is 6.07 Å². The molecule has 2 aromatic rings. The maximum atomic E-state index is 12.0. The SMILES string of the molecule is CC(C)C[C@H](NCc1cc2ccccc2[nH]c1=O)C(=O)O. The van der Waals surface area contributed by atoms with Crippen molar-refractivity contribution < 1.29 is 9.90 Å². The Balaban J connectivity index is 2.17. The van der Waals surface area contributed by atoms with Gasteiger partial charge < -0.3 is 15.4 Å². The number of carboxylic acid groups (broad SMARTS) is 1. The quantitative estimate of drug-likeness (QED) is 0.760. The largest absolute Gasteiger partial charge is 0.480 e. The molecule has 0 saturated carbocycles. The summed E-state index contributed by atoms with van der Waals surface area (Å²) in [6, 6.07) is 8.67. The first-order valence-electron chi connectivity index (χ1n) is 7.04. The number of fused-ring (bicyclic) bond motifs is 1. The van der Waals surface area contributed by atoms with Gasteiger partial charge in [0.2, 0.25) is 0 Å². The van der Waals surface area contributed by atoms with Crippen LogP contribution in [0.5, 0.6) is 0 Å². The van der Waals surface area contributed by atoms with E-state index >= 15 is 0 Å². The zero-order valence-electron chi connectivity index (χ0n) is 12.2. The van der Waals surface area contributed by atoms with Gasteiger partial charge in [0.1, 0.15) is 6.04 Å². The Morgan fingerprint density at radius 1 is 1.33 bits per heavy atom. The number of hydrogen-bond acceptors (Lipinski definition) is 3. The second kappa shape index (κ2) is 6.54. The number of carboxylic acids is 1. The number of pyridine rings is 1. The molecule has 0 bridgehead atoms. The first-order chi connectivity index (χ1) is 9.97. The zero-order chi connectivity index (χ0) is 15.4. The number of benzene rings is 1. The van der Waals surface area contributed by atoms with E-state index in [0.717, 1.165) is 10.9 Å². The Morgan fingerprint density at radius 3 is 2.71 bits per heavy atom. The Kier molecular flexibility index (Phi) is 4.75. The lowest BCUT2D eigenvalue weighted by atomic mass is 10.0. The molecule has 5 heteroatoms. The lowest BCUT2D eigenvalue weighted by molar-refractivity contribution is -0.140. The van der Waals surface area contributed by atoms with Gasteiger partial charge in [0.05, 0.1) is 0 Å². The van der Waals surface area contributed by atoms with Crippen molar-refractivity contribution in [2.24, 2.45) is 5.92 Å². The molecule has 1 aromatic carbocycles. The molecule has 0 spiro atoms. The van der Waals surface area contributed by atoms with E-state index in [1.165, 1.54) is 0 Å². The predicted molar refractivity (Wildman–Crippen MR) is 82.3 cm³/mol. The highest BCUT2D eigenvalue weighted by Gasteiger charge is 2.18. The lowest BCUT2D eigenvalue weighted by Gasteiger charge is -2.16. The fourth-order valence-electron chi connectivity index (χ4n) is 2.30. The summed E-state index contributed by atoms with van der Waals surface area (Å²) < 4.78 is 0. The van der Waals surface area contributed by atoms with Crippen LogP contribution in [0.1, 0.15) is 25.8 Å². The van der Waals surface area contributed by atoms with Crippen LogP contribution < -0.4 is 10.9 Å². The summed E-state index contributed by atoms with van der Waals surface area (Å²) in [4.78, 5) is 26.0. The number of hydrogen-bond donors (Lipinski definition) is 3. The van der Waals surface area contributed by atoms with Crippen LogP contribution in [0.4, 0.5) is 0 Å². The molecule has 3 N–H and O–H groups in total. The van der Waals surface area contributed by atoms with Gasteiger partial charge in [-0.2, -0.15) is 0 Å². The van der Waals surface area contributed by atoms with E-state index in [9.17, 15) is 14.7 Å². The van der Waals surface area contributed by atoms with Gasteiger partial charge in [0.25, 0.3) is 5.56 Å². The molecule has 0 amide bonds. The molecule has 1 aromatic heterocycles. The van der Waals surface area contributed by atoms with E-state index in [1.807, 2.05) is 38.1 Å². The Labute approximate surface area is 123 Å². The summed E-state index contributed by atoms with van der Waals surface area (Å²) >= 11 is 0. The molecule has 0 saturated heterocycles. The number of carbonyl (C=O) groups is 1. The summed E-state index contributed by atoms with van der Waals surface area (Å²) in [6.45, 7) is 4.19. The highest BCUT2D eigenvalue weighted by Crippen LogP contribution is 2.11. The van der Waals surface area contributed by atoms with E-state index in [0.29, 0.717) is 12.0 Å². The number of para-hydroxylation sites is 1. The molecule has 0 fully saturated rings. The van der Waals surface area contributed by atoms with Crippen LogP contribution in [0.25, 0.3) is 10.9 Å². The van der Waals surface area contributed by atoms with Crippen LogP contribution in [-0.2, 0) is 11.3 Å². The minimum Gasteiger partial charge on any atom is -0.480 e. The van der Waals surface area contributed by atoms with Crippen molar-refractivity contribution in [3.63, 3.8) is 0 Å². The van der Waals surface area contributed by atoms with Crippen molar-refractivity contribution in [1.82, 2.24) is 10.3 Å². The van der Waals surface area contributed by atoms with Gasteiger partial charge in [-0.25, -0.2) is 0 Å². The van der Waals surface area contributed by atoms with Crippen LogP contribution >= 0.6 is 0 Å². The topological polar surface area (TPSA) is 82.2 Å². The Morgan fingerprint density at radius 2 is 2.05 bits per heavy atom. The molecular weight excluding hydrogens is 268 g/mol. The van der Waals surface area contributed by atoms with E-state index in [2.05, 4.69) is 10.3 Å². The first-order valence-corrected chi connectivity index (χ1v) is 7.04. The number of rotatable bonds is 6. The third-order valence-electron chi connectivity index (χ3n) is 3.37. The Hall–Kier alpha value is -2.14. The number of H-pyrrole nitrogens is 1. The fourth-order valence-corrected chi connectivity index (χ4v) is 2.30. The second-order valence-corrected chi connectivity index (χ2v) is 5.61. The fraction of sp³-hybridized carbons (Fsp3) is 0.375. The molecule has 0 unspecified atom stereocenters. The van der Waals surface area contributed by atoms with Crippen molar-refractivity contribution in [3.8, 4) is 0 Å². The summed E-state index contributed by atoms with van der Waals surface area (Å²) in [5.41, 5.74) is 1.14. The third kappa shape index (κ3) is 3.92. The van der Waals surface area contributed by atoms with Gasteiger partial charge in [0, 0.05) is 17.6 Å². The van der Waals surface area contributed by atoms with Crippen LogP contribution in [0.3, 0.4) is 0 Å². The van der Waals surface area contributed by atoms with Gasteiger partial charge in [-0.3, -0.25) is 9.59 Å². The van der Waals surface area contributed by atoms with Crippen molar-refractivity contribution in [2.75, 3.05) is 0 Å². The molecule has 1 atom stereocenters. The van der Waals surface area contributed by atoms with E-state index < -0.39 is 12.0 Å². The van der Waals surface area contributed by atoms with Crippen LogP contribution in [-0.4, -0.2) is 22.1 Å². The van der Waals surface area contributed by atoms with Crippen LogP contribution in [0.15, 0.2) is 35.1 Å². The first kappa shape index (κ1) is 15.3. The highest BCUT2D eigenvalue weighted by atomic mass is 16.4. The normalized spacial score (nSPS) is 12.7. The van der Waals surface area contributed by atoms with Gasteiger partial charge in [-0.1, -0.05) is 32.0 Å². The number of nitrogens with one attached hydrogen (secondary N) is 2. The van der Waals surface area contributed by atoms with Gasteiger partial charge in [-0.05, 0) is 29.9 Å². The van der Waals surface area contributed by atoms with Crippen molar-refractivity contribution in [3.05, 3.63) is 46.2 Å². The van der Waals surface area contributed by atoms with Crippen LogP contribution in [0.2, 0.25) is 0 Å². The Bertz CT molecular complexity index is 691.